The quantitative estimate of drug-likeness (QED) is 0.710. The number of thiophene rings is 1. The molecule has 3 aromatic rings. The lowest BCUT2D eigenvalue weighted by Crippen LogP contribution is -2.06. The Balaban J connectivity index is 1.64. The molecule has 0 unspecified atom stereocenters. The van der Waals surface area contributed by atoms with E-state index in [-0.39, 0.29) is 18.4 Å². The lowest BCUT2D eigenvalue weighted by atomic mass is 10.2. The average Bonchev–Trinajstić information content (AvgIpc) is 3.06. The number of benzene rings is 1. The van der Waals surface area contributed by atoms with Gasteiger partial charge in [0.25, 0.3) is 0 Å². The van der Waals surface area contributed by atoms with Crippen molar-refractivity contribution in [2.45, 2.75) is 13.2 Å². The number of aromatic nitrogens is 2. The summed E-state index contributed by atoms with van der Waals surface area (Å²) in [5, 5.41) is 5.54. The molecular weight excluding hydrogens is 337 g/mol. The normalized spacial score (nSPS) is 10.5. The summed E-state index contributed by atoms with van der Waals surface area (Å²) in [5.41, 5.74) is 0.888. The molecule has 0 fully saturated rings. The summed E-state index contributed by atoms with van der Waals surface area (Å²) >= 11 is 7.51. The number of nitrogens with one attached hydrogen (secondary N) is 1. The van der Waals surface area contributed by atoms with Crippen LogP contribution in [-0.2, 0) is 13.2 Å². The number of hydrogen-bond donors (Lipinski definition) is 1. The molecule has 4 nitrogen and oxygen atoms in total. The smallest absolute Gasteiger partial charge is 0.318 e. The third kappa shape index (κ3) is 4.40. The van der Waals surface area contributed by atoms with E-state index >= 15 is 0 Å². The highest BCUT2D eigenvalue weighted by Crippen LogP contribution is 2.17. The van der Waals surface area contributed by atoms with Gasteiger partial charge in [-0.2, -0.15) is 4.98 Å². The second-order valence-corrected chi connectivity index (χ2v) is 6.17. The van der Waals surface area contributed by atoms with E-state index in [1.165, 1.54) is 0 Å². The van der Waals surface area contributed by atoms with E-state index in [9.17, 15) is 4.39 Å². The van der Waals surface area contributed by atoms with Crippen LogP contribution in [0.5, 0.6) is 6.01 Å². The van der Waals surface area contributed by atoms with Crippen LogP contribution in [-0.4, -0.2) is 9.97 Å². The minimum absolute atomic E-state index is 0.111. The Labute approximate surface area is 141 Å². The fourth-order valence-electron chi connectivity index (χ4n) is 1.90. The van der Waals surface area contributed by atoms with Crippen LogP contribution in [0, 0.1) is 5.82 Å². The third-order valence-corrected chi connectivity index (χ3v) is 4.10. The summed E-state index contributed by atoms with van der Waals surface area (Å²) in [6.45, 7) is 0.760. The molecule has 0 radical (unpaired) electrons. The lowest BCUT2D eigenvalue weighted by molar-refractivity contribution is 0.280. The van der Waals surface area contributed by atoms with Gasteiger partial charge < -0.3 is 10.1 Å². The highest BCUT2D eigenvalue weighted by molar-refractivity contribution is 7.09. The molecule has 0 amide bonds. The summed E-state index contributed by atoms with van der Waals surface area (Å²) in [7, 11) is 0. The van der Waals surface area contributed by atoms with E-state index in [1.807, 2.05) is 29.6 Å². The van der Waals surface area contributed by atoms with Gasteiger partial charge in [-0.1, -0.05) is 29.8 Å². The van der Waals surface area contributed by atoms with Crippen molar-refractivity contribution >= 4 is 28.8 Å². The van der Waals surface area contributed by atoms with Crippen LogP contribution in [0.1, 0.15) is 10.4 Å². The van der Waals surface area contributed by atoms with Gasteiger partial charge in [-0.25, -0.2) is 9.37 Å². The topological polar surface area (TPSA) is 47.0 Å². The predicted molar refractivity (Wildman–Crippen MR) is 89.4 cm³/mol. The zero-order valence-electron chi connectivity index (χ0n) is 12.0. The van der Waals surface area contributed by atoms with Gasteiger partial charge in [0, 0.05) is 9.90 Å². The van der Waals surface area contributed by atoms with Crippen LogP contribution in [0.2, 0.25) is 5.02 Å². The molecule has 2 heterocycles. The number of nitrogens with zero attached hydrogens (tertiary/aromatic N) is 2. The van der Waals surface area contributed by atoms with Crippen LogP contribution >= 0.6 is 22.9 Å². The number of halogens is 2. The highest BCUT2D eigenvalue weighted by atomic mass is 35.5. The van der Waals surface area contributed by atoms with Gasteiger partial charge in [0.1, 0.15) is 6.61 Å². The summed E-state index contributed by atoms with van der Waals surface area (Å²) in [4.78, 5) is 8.99. The number of hydrogen-bond acceptors (Lipinski definition) is 5. The first-order chi connectivity index (χ1) is 11.2. The first-order valence-electron chi connectivity index (χ1n) is 6.87. The van der Waals surface area contributed by atoms with Crippen LogP contribution < -0.4 is 10.1 Å². The SMILES string of the molecule is Fc1cnc(OCc2cccc(Cl)c2)nc1NCc1cccs1. The van der Waals surface area contributed by atoms with Gasteiger partial charge >= 0.3 is 6.01 Å². The van der Waals surface area contributed by atoms with Gasteiger partial charge in [-0.05, 0) is 29.1 Å². The molecule has 118 valence electrons. The van der Waals surface area contributed by atoms with Crippen molar-refractivity contribution in [2.75, 3.05) is 5.32 Å². The lowest BCUT2D eigenvalue weighted by Gasteiger charge is -2.08. The Morgan fingerprint density at radius 3 is 2.96 bits per heavy atom. The molecule has 0 spiro atoms. The Hall–Kier alpha value is -2.18. The highest BCUT2D eigenvalue weighted by Gasteiger charge is 2.08. The van der Waals surface area contributed by atoms with Crippen LogP contribution in [0.4, 0.5) is 10.2 Å². The molecule has 23 heavy (non-hydrogen) atoms. The number of ether oxygens (including phenoxy) is 1. The summed E-state index contributed by atoms with van der Waals surface area (Å²) in [5.74, 6) is -0.397. The van der Waals surface area contributed by atoms with Crippen molar-refractivity contribution in [1.29, 1.82) is 0 Å². The molecule has 0 aliphatic carbocycles. The molecule has 1 aromatic carbocycles. The molecule has 2 aromatic heterocycles. The van der Waals surface area contributed by atoms with Crippen LogP contribution in [0.15, 0.2) is 48.0 Å². The van der Waals surface area contributed by atoms with Crippen molar-refractivity contribution in [3.63, 3.8) is 0 Å². The van der Waals surface area contributed by atoms with Crippen molar-refractivity contribution in [3.05, 3.63) is 69.3 Å². The molecule has 0 aliphatic rings. The number of anilines is 1. The molecular formula is C16H13ClFN3OS. The standard InChI is InChI=1S/C16H13ClFN3OS/c17-12-4-1-3-11(7-12)10-22-16-20-9-14(18)15(21-16)19-8-13-5-2-6-23-13/h1-7,9H,8,10H2,(H,19,20,21). The van der Waals surface area contributed by atoms with Crippen LogP contribution in [0.25, 0.3) is 0 Å². The van der Waals surface area contributed by atoms with Gasteiger partial charge in [0.05, 0.1) is 12.7 Å². The largest absolute Gasteiger partial charge is 0.459 e. The maximum absolute atomic E-state index is 13.8. The van der Waals surface area contributed by atoms with Gasteiger partial charge in [0.2, 0.25) is 0 Å². The minimum atomic E-state index is -0.517. The second kappa shape index (κ2) is 7.39. The molecule has 0 aliphatic heterocycles. The molecule has 7 heteroatoms. The Morgan fingerprint density at radius 1 is 1.26 bits per heavy atom. The van der Waals surface area contributed by atoms with Crippen molar-refractivity contribution in [2.24, 2.45) is 0 Å². The Morgan fingerprint density at radius 2 is 2.17 bits per heavy atom. The molecule has 0 atom stereocenters. The van der Waals surface area contributed by atoms with E-state index in [1.54, 1.807) is 23.5 Å². The summed E-state index contributed by atoms with van der Waals surface area (Å²) in [6, 6.07) is 11.3. The first kappa shape index (κ1) is 15.7. The van der Waals surface area contributed by atoms with Crippen molar-refractivity contribution in [3.8, 4) is 6.01 Å². The average molecular weight is 350 g/mol. The van der Waals surface area contributed by atoms with E-state index in [2.05, 4.69) is 15.3 Å². The fraction of sp³-hybridized carbons (Fsp3) is 0.125. The van der Waals surface area contributed by atoms with Gasteiger partial charge in [-0.3, -0.25) is 0 Å². The second-order valence-electron chi connectivity index (χ2n) is 4.70. The van der Waals surface area contributed by atoms with Crippen LogP contribution in [0.3, 0.4) is 0 Å². The Kier molecular flexibility index (Phi) is 5.05. The maximum Gasteiger partial charge on any atom is 0.318 e. The van der Waals surface area contributed by atoms with E-state index in [0.717, 1.165) is 16.6 Å². The molecule has 3 rings (SSSR count). The summed E-state index contributed by atoms with van der Waals surface area (Å²) in [6.07, 6.45) is 1.09. The molecule has 0 saturated carbocycles. The zero-order chi connectivity index (χ0) is 16.1. The van der Waals surface area contributed by atoms with E-state index in [0.29, 0.717) is 11.6 Å². The third-order valence-electron chi connectivity index (χ3n) is 2.99. The first-order valence-corrected chi connectivity index (χ1v) is 8.12. The molecule has 1 N–H and O–H groups in total. The van der Waals surface area contributed by atoms with Gasteiger partial charge in [-0.15, -0.1) is 11.3 Å². The van der Waals surface area contributed by atoms with Gasteiger partial charge in [0.15, 0.2) is 11.6 Å². The monoisotopic (exact) mass is 349 g/mol. The van der Waals surface area contributed by atoms with Crippen molar-refractivity contribution < 1.29 is 9.13 Å². The predicted octanol–water partition coefficient (Wildman–Crippen LogP) is 4.52. The Bertz CT molecular complexity index is 783. The van der Waals surface area contributed by atoms with E-state index in [4.69, 9.17) is 16.3 Å². The summed E-state index contributed by atoms with van der Waals surface area (Å²) < 4.78 is 19.3. The molecule has 0 saturated heterocycles. The van der Waals surface area contributed by atoms with Crippen molar-refractivity contribution in [1.82, 2.24) is 9.97 Å². The fourth-order valence-corrected chi connectivity index (χ4v) is 2.76. The zero-order valence-corrected chi connectivity index (χ0v) is 13.6. The molecule has 0 bridgehead atoms. The minimum Gasteiger partial charge on any atom is -0.459 e. The van der Waals surface area contributed by atoms with E-state index < -0.39 is 5.82 Å². The number of rotatable bonds is 6. The maximum atomic E-state index is 13.8.